The third-order valence-electron chi connectivity index (χ3n) is 13.4. The monoisotopic (exact) mass is 798 g/mol. The van der Waals surface area contributed by atoms with Gasteiger partial charge in [-0.15, -0.1) is 0 Å². The molecule has 57 heavy (non-hydrogen) atoms. The summed E-state index contributed by atoms with van der Waals surface area (Å²) in [6, 6.07) is -0.787. The van der Waals surface area contributed by atoms with Crippen molar-refractivity contribution >= 4 is 11.9 Å². The van der Waals surface area contributed by atoms with E-state index in [0.717, 1.165) is 48.8 Å². The number of cyclic esters (lactones) is 1. The third-order valence-corrected chi connectivity index (χ3v) is 13.4. The summed E-state index contributed by atoms with van der Waals surface area (Å²) in [6.45, 7) is 16.9. The Bertz CT molecular complexity index is 1450. The molecule has 1 unspecified atom stereocenters. The van der Waals surface area contributed by atoms with E-state index >= 15 is 0 Å². The minimum Gasteiger partial charge on any atom is -0.460 e. The summed E-state index contributed by atoms with van der Waals surface area (Å²) >= 11 is 0. The van der Waals surface area contributed by atoms with Crippen molar-refractivity contribution in [2.75, 3.05) is 13.7 Å². The Hall–Kier alpha value is -2.60. The molecule has 0 aromatic carbocycles. The zero-order valence-corrected chi connectivity index (χ0v) is 36.0. The normalized spacial score (nSPS) is 41.3. The van der Waals surface area contributed by atoms with Gasteiger partial charge in [-0.25, -0.2) is 4.79 Å². The molecule has 3 heterocycles. The molecule has 0 aromatic rings. The number of fused-ring (bicyclic) bond motifs is 3. The molecule has 1 saturated carbocycles. The van der Waals surface area contributed by atoms with E-state index in [0.29, 0.717) is 63.8 Å². The Labute approximate surface area is 343 Å². The average molecular weight is 798 g/mol. The summed E-state index contributed by atoms with van der Waals surface area (Å²) in [6.07, 6.45) is 16.8. The number of rotatable bonds is 4. The van der Waals surface area contributed by atoms with Crippen LogP contribution in [0.3, 0.4) is 0 Å². The molecule has 0 aromatic heterocycles. The highest BCUT2D eigenvalue weighted by Gasteiger charge is 2.46. The van der Waals surface area contributed by atoms with Gasteiger partial charge in [0.05, 0.1) is 36.9 Å². The number of hydrogen-bond donors (Lipinski definition) is 4. The summed E-state index contributed by atoms with van der Waals surface area (Å²) in [7, 11) is 1.67. The van der Waals surface area contributed by atoms with Crippen molar-refractivity contribution < 1.29 is 44.2 Å². The first kappa shape index (κ1) is 47.1. The fourth-order valence-corrected chi connectivity index (χ4v) is 9.22. The zero-order valence-electron chi connectivity index (χ0n) is 36.0. The SMILES string of the molecule is C=C1C[C@H](O)/C(C)=C/CC([C@H](C)C[C@@H]2CC[C@@H](O)[C@H](O)C2)OC(=O)[C@@H]2CCCCN2C(=O)C[C@]2(O)O[C@@H](CC[C@H]2C)C[C@H](OC)/C(C)=C/C=C/C=C/[C@@H](C)C[C@H]1C. The summed E-state index contributed by atoms with van der Waals surface area (Å²) in [5, 5.41) is 43.8. The van der Waals surface area contributed by atoms with Crippen LogP contribution in [0.4, 0.5) is 0 Å². The second-order valence-electron chi connectivity index (χ2n) is 18.2. The molecule has 3 fully saturated rings. The van der Waals surface area contributed by atoms with Crippen molar-refractivity contribution in [2.45, 2.75) is 180 Å². The Morgan fingerprint density at radius 3 is 2.42 bits per heavy atom. The second-order valence-corrected chi connectivity index (χ2v) is 18.2. The number of nitrogens with zero attached hydrogens (tertiary/aromatic N) is 1. The molecular weight excluding hydrogens is 723 g/mol. The number of allylic oxidation sites excluding steroid dienone is 5. The number of amides is 1. The van der Waals surface area contributed by atoms with E-state index in [-0.39, 0.29) is 48.2 Å². The largest absolute Gasteiger partial charge is 0.460 e. The van der Waals surface area contributed by atoms with Gasteiger partial charge in [-0.05, 0) is 119 Å². The molecule has 1 amide bonds. The molecule has 1 aliphatic carbocycles. The Morgan fingerprint density at radius 1 is 0.947 bits per heavy atom. The van der Waals surface area contributed by atoms with Crippen molar-refractivity contribution in [1.29, 1.82) is 0 Å². The van der Waals surface area contributed by atoms with Gasteiger partial charge < -0.3 is 39.5 Å². The summed E-state index contributed by atoms with van der Waals surface area (Å²) in [5.41, 5.74) is 2.79. The van der Waals surface area contributed by atoms with E-state index in [9.17, 15) is 30.0 Å². The molecule has 322 valence electrons. The minimum atomic E-state index is -1.69. The van der Waals surface area contributed by atoms with Gasteiger partial charge in [-0.3, -0.25) is 4.79 Å². The van der Waals surface area contributed by atoms with Gasteiger partial charge in [0.1, 0.15) is 12.1 Å². The van der Waals surface area contributed by atoms with E-state index < -0.39 is 42.2 Å². The molecule has 4 aliphatic rings. The Kier molecular flexibility index (Phi) is 18.3. The molecule has 0 radical (unpaired) electrons. The standard InChI is InChI=1S/C47H75NO9/c1-30-14-10-9-11-15-32(3)44(55-8)28-38-20-18-36(7)47(54,57-38)29-45(52)48-23-13-12-16-39(48)46(53)56-43(35(6)25-37-19-21-40(49)42(51)27-37)22-17-31(2)41(50)26-34(5)33(4)24-30/h9-11,14-15,17,30,33,35-44,49-51,54H,5,12-13,16,18-29H2,1-4,6-8H3/b11-9+,14-10+,31-17+,32-15+/t30-,33-,35-,36-,37+,38+,39+,40-,41+,42-,43?,44+,47+/m1/s1. The van der Waals surface area contributed by atoms with Gasteiger partial charge in [0, 0.05) is 32.4 Å². The van der Waals surface area contributed by atoms with E-state index in [1.54, 1.807) is 12.0 Å². The quantitative estimate of drug-likeness (QED) is 0.168. The highest BCUT2D eigenvalue weighted by Crippen LogP contribution is 2.38. The van der Waals surface area contributed by atoms with Crippen molar-refractivity contribution in [1.82, 2.24) is 4.90 Å². The lowest BCUT2D eigenvalue weighted by atomic mass is 9.79. The van der Waals surface area contributed by atoms with Gasteiger partial charge in [0.15, 0.2) is 5.79 Å². The van der Waals surface area contributed by atoms with E-state index in [2.05, 4.69) is 32.6 Å². The van der Waals surface area contributed by atoms with Gasteiger partial charge in [0.2, 0.25) is 5.91 Å². The van der Waals surface area contributed by atoms with Crippen LogP contribution < -0.4 is 0 Å². The van der Waals surface area contributed by atoms with Gasteiger partial charge in [-0.1, -0.05) is 76.3 Å². The van der Waals surface area contributed by atoms with Gasteiger partial charge in [-0.2, -0.15) is 0 Å². The molecule has 3 aliphatic heterocycles. The first-order valence-corrected chi connectivity index (χ1v) is 21.8. The van der Waals surface area contributed by atoms with Crippen LogP contribution in [0.1, 0.15) is 131 Å². The van der Waals surface area contributed by atoms with Crippen molar-refractivity contribution in [2.24, 2.45) is 29.6 Å². The van der Waals surface area contributed by atoms with E-state index in [4.69, 9.17) is 14.2 Å². The van der Waals surface area contributed by atoms with Gasteiger partial charge >= 0.3 is 5.97 Å². The fraction of sp³-hybridized carbons (Fsp3) is 0.745. The van der Waals surface area contributed by atoms with Crippen LogP contribution in [-0.4, -0.2) is 99.3 Å². The molecular formula is C47H75NO9. The second kappa shape index (κ2) is 22.1. The van der Waals surface area contributed by atoms with Gasteiger partial charge in [0.25, 0.3) is 0 Å². The Balaban J connectivity index is 1.62. The van der Waals surface area contributed by atoms with Crippen LogP contribution in [0.2, 0.25) is 0 Å². The number of carbonyl (C=O) groups is 2. The molecule has 2 saturated heterocycles. The number of aliphatic hydroxyl groups excluding tert-OH is 3. The van der Waals surface area contributed by atoms with Crippen LogP contribution in [0, 0.1) is 29.6 Å². The summed E-state index contributed by atoms with van der Waals surface area (Å²) < 4.78 is 18.6. The maximum Gasteiger partial charge on any atom is 0.329 e. The van der Waals surface area contributed by atoms with E-state index in [1.807, 2.05) is 52.0 Å². The smallest absolute Gasteiger partial charge is 0.329 e. The summed E-state index contributed by atoms with van der Waals surface area (Å²) in [5.74, 6) is -2.18. The number of ether oxygens (including phenoxy) is 3. The topological polar surface area (TPSA) is 146 Å². The number of hydrogen-bond acceptors (Lipinski definition) is 9. The van der Waals surface area contributed by atoms with Crippen molar-refractivity contribution in [3.8, 4) is 0 Å². The van der Waals surface area contributed by atoms with Crippen LogP contribution in [0.25, 0.3) is 0 Å². The van der Waals surface area contributed by atoms with Crippen molar-refractivity contribution in [3.05, 3.63) is 59.8 Å². The average Bonchev–Trinajstić information content (AvgIpc) is 3.17. The van der Waals surface area contributed by atoms with Crippen LogP contribution >= 0.6 is 0 Å². The maximum atomic E-state index is 14.2. The zero-order chi connectivity index (χ0) is 41.9. The van der Waals surface area contributed by atoms with Crippen LogP contribution in [0.5, 0.6) is 0 Å². The third kappa shape index (κ3) is 13.7. The first-order chi connectivity index (χ1) is 27.0. The molecule has 10 heteroatoms. The lowest BCUT2D eigenvalue weighted by molar-refractivity contribution is -0.284. The Morgan fingerprint density at radius 2 is 1.70 bits per heavy atom. The van der Waals surface area contributed by atoms with Crippen LogP contribution in [-0.2, 0) is 23.8 Å². The fourth-order valence-electron chi connectivity index (χ4n) is 9.22. The predicted octanol–water partition coefficient (Wildman–Crippen LogP) is 7.50. The number of esters is 1. The van der Waals surface area contributed by atoms with Crippen LogP contribution in [0.15, 0.2) is 59.8 Å². The molecule has 4 rings (SSSR count). The molecule has 0 spiro atoms. The number of aliphatic hydroxyl groups is 4. The maximum absolute atomic E-state index is 14.2. The summed E-state index contributed by atoms with van der Waals surface area (Å²) in [4.78, 5) is 29.9. The molecule has 10 nitrogen and oxygen atoms in total. The molecule has 4 N–H and O–H groups in total. The minimum absolute atomic E-state index is 0.0886. The van der Waals surface area contributed by atoms with Crippen molar-refractivity contribution in [3.63, 3.8) is 0 Å². The lowest BCUT2D eigenvalue weighted by Crippen LogP contribution is -2.54. The number of methoxy groups -OCH3 is 1. The highest BCUT2D eigenvalue weighted by atomic mass is 16.6. The molecule has 2 bridgehead atoms. The molecule has 13 atom stereocenters. The number of piperidine rings is 1. The number of carbonyl (C=O) groups excluding carboxylic acids is 2. The van der Waals surface area contributed by atoms with E-state index in [1.165, 1.54) is 0 Å². The lowest BCUT2D eigenvalue weighted by Gasteiger charge is -2.44. The highest BCUT2D eigenvalue weighted by molar-refractivity contribution is 5.85. The predicted molar refractivity (Wildman–Crippen MR) is 224 cm³/mol. The first-order valence-electron chi connectivity index (χ1n) is 21.8.